The minimum atomic E-state index is -0.463. The van der Waals surface area contributed by atoms with E-state index in [1.54, 1.807) is 12.1 Å². The Morgan fingerprint density at radius 3 is 2.29 bits per heavy atom. The van der Waals surface area contributed by atoms with Crippen LogP contribution in [0.4, 0.5) is 10.5 Å². The lowest BCUT2D eigenvalue weighted by atomic mass is 9.97. The lowest BCUT2D eigenvalue weighted by molar-refractivity contribution is -0.119. The van der Waals surface area contributed by atoms with Crippen molar-refractivity contribution in [3.05, 3.63) is 29.8 Å². The smallest absolute Gasteiger partial charge is 0.329 e. The summed E-state index contributed by atoms with van der Waals surface area (Å²) in [5.41, 5.74) is 1.25. The van der Waals surface area contributed by atoms with E-state index in [0.29, 0.717) is 12.1 Å². The van der Waals surface area contributed by atoms with Gasteiger partial charge in [-0.1, -0.05) is 17.7 Å². The van der Waals surface area contributed by atoms with Crippen LogP contribution in [0, 0.1) is 6.92 Å². The maximum Gasteiger partial charge on any atom is 0.329 e. The molecule has 0 spiro atoms. The first-order valence-electron chi connectivity index (χ1n) is 5.61. The van der Waals surface area contributed by atoms with E-state index >= 15 is 0 Å². The summed E-state index contributed by atoms with van der Waals surface area (Å²) in [6.45, 7) is 5.65. The van der Waals surface area contributed by atoms with Crippen LogP contribution in [0.5, 0.6) is 0 Å². The lowest BCUT2D eigenvalue weighted by Crippen LogP contribution is -2.59. The Bertz CT molecular complexity index is 443. The summed E-state index contributed by atoms with van der Waals surface area (Å²) in [5, 5.41) is 2.82. The largest absolute Gasteiger partial charge is 0.332 e. The number of anilines is 1. The fourth-order valence-electron chi connectivity index (χ4n) is 1.92. The number of hydrogen-bond donors (Lipinski definition) is 1. The van der Waals surface area contributed by atoms with Crippen LogP contribution < -0.4 is 10.2 Å². The second kappa shape index (κ2) is 3.87. The quantitative estimate of drug-likeness (QED) is 0.807. The lowest BCUT2D eigenvalue weighted by Gasteiger charge is -2.36. The molecule has 4 nitrogen and oxygen atoms in total. The van der Waals surface area contributed by atoms with Gasteiger partial charge < -0.3 is 5.32 Å². The van der Waals surface area contributed by atoms with Crippen LogP contribution in [0.2, 0.25) is 0 Å². The monoisotopic (exact) mass is 232 g/mol. The van der Waals surface area contributed by atoms with E-state index in [9.17, 15) is 9.59 Å². The van der Waals surface area contributed by atoms with Gasteiger partial charge in [-0.3, -0.25) is 4.79 Å². The average molecular weight is 232 g/mol. The summed E-state index contributed by atoms with van der Waals surface area (Å²) in [6.07, 6.45) is 0.312. The predicted octanol–water partition coefficient (Wildman–Crippen LogP) is 2.22. The Morgan fingerprint density at radius 2 is 1.76 bits per heavy atom. The molecule has 0 aromatic heterocycles. The van der Waals surface area contributed by atoms with Gasteiger partial charge in [-0.25, -0.2) is 9.69 Å². The summed E-state index contributed by atoms with van der Waals surface area (Å²) in [6, 6.07) is 6.98. The summed E-state index contributed by atoms with van der Waals surface area (Å²) in [4.78, 5) is 25.1. The molecular formula is C13H16N2O2. The van der Waals surface area contributed by atoms with Crippen LogP contribution in [0.15, 0.2) is 24.3 Å². The first-order chi connectivity index (χ1) is 7.89. The molecule has 1 saturated heterocycles. The highest BCUT2D eigenvalue weighted by Crippen LogP contribution is 2.23. The SMILES string of the molecule is Cc1ccc(N2C(=O)CC(C)(C)NC2=O)cc1. The van der Waals surface area contributed by atoms with E-state index < -0.39 is 5.54 Å². The van der Waals surface area contributed by atoms with Gasteiger partial charge in [0.1, 0.15) is 0 Å². The molecule has 2 rings (SSSR count). The number of benzene rings is 1. The Labute approximate surface area is 101 Å². The maximum atomic E-state index is 12.0. The number of carbonyl (C=O) groups is 2. The molecule has 90 valence electrons. The second-order valence-electron chi connectivity index (χ2n) is 5.06. The van der Waals surface area contributed by atoms with Crippen molar-refractivity contribution in [3.8, 4) is 0 Å². The Hall–Kier alpha value is -1.84. The molecule has 1 aliphatic heterocycles. The number of nitrogens with zero attached hydrogens (tertiary/aromatic N) is 1. The third kappa shape index (κ3) is 2.30. The molecule has 0 radical (unpaired) electrons. The molecule has 1 N–H and O–H groups in total. The maximum absolute atomic E-state index is 12.0. The van der Waals surface area contributed by atoms with Crippen molar-refractivity contribution >= 4 is 17.6 Å². The fraction of sp³-hybridized carbons (Fsp3) is 0.385. The highest BCUT2D eigenvalue weighted by molar-refractivity contribution is 6.16. The Balaban J connectivity index is 2.30. The number of aryl methyl sites for hydroxylation is 1. The van der Waals surface area contributed by atoms with E-state index in [4.69, 9.17) is 0 Å². The molecule has 1 aromatic rings. The molecule has 1 heterocycles. The van der Waals surface area contributed by atoms with Gasteiger partial charge in [0, 0.05) is 5.54 Å². The Morgan fingerprint density at radius 1 is 1.18 bits per heavy atom. The van der Waals surface area contributed by atoms with Crippen LogP contribution in [-0.4, -0.2) is 17.5 Å². The number of rotatable bonds is 1. The number of carbonyl (C=O) groups excluding carboxylic acids is 2. The molecule has 1 aromatic carbocycles. The second-order valence-corrected chi connectivity index (χ2v) is 5.06. The fourth-order valence-corrected chi connectivity index (χ4v) is 1.92. The van der Waals surface area contributed by atoms with Crippen LogP contribution in [0.3, 0.4) is 0 Å². The predicted molar refractivity (Wildman–Crippen MR) is 65.9 cm³/mol. The Kier molecular flexibility index (Phi) is 2.65. The molecule has 0 aliphatic carbocycles. The number of nitrogens with one attached hydrogen (secondary N) is 1. The number of imide groups is 1. The molecule has 0 unspecified atom stereocenters. The van der Waals surface area contributed by atoms with E-state index in [2.05, 4.69) is 5.32 Å². The third-order valence-corrected chi connectivity index (χ3v) is 2.78. The van der Waals surface area contributed by atoms with Crippen molar-refractivity contribution in [2.75, 3.05) is 4.90 Å². The van der Waals surface area contributed by atoms with E-state index in [1.807, 2.05) is 32.9 Å². The minimum Gasteiger partial charge on any atom is -0.332 e. The molecule has 4 heteroatoms. The minimum absolute atomic E-state index is 0.164. The van der Waals surface area contributed by atoms with Gasteiger partial charge in [-0.15, -0.1) is 0 Å². The summed E-state index contributed by atoms with van der Waals surface area (Å²) < 4.78 is 0. The normalized spacial score (nSPS) is 19.1. The zero-order valence-electron chi connectivity index (χ0n) is 10.3. The molecule has 1 fully saturated rings. The molecule has 1 aliphatic rings. The van der Waals surface area contributed by atoms with Gasteiger partial charge in [0.2, 0.25) is 5.91 Å². The molecule has 17 heavy (non-hydrogen) atoms. The zero-order chi connectivity index (χ0) is 12.6. The first kappa shape index (κ1) is 11.6. The van der Waals surface area contributed by atoms with Gasteiger partial charge in [-0.05, 0) is 32.9 Å². The summed E-state index contributed by atoms with van der Waals surface area (Å²) in [7, 11) is 0. The molecular weight excluding hydrogens is 216 g/mol. The molecule has 3 amide bonds. The third-order valence-electron chi connectivity index (χ3n) is 2.78. The van der Waals surface area contributed by atoms with Crippen molar-refractivity contribution in [2.45, 2.75) is 32.7 Å². The average Bonchev–Trinajstić information content (AvgIpc) is 2.18. The number of amides is 3. The number of hydrogen-bond acceptors (Lipinski definition) is 2. The number of urea groups is 1. The van der Waals surface area contributed by atoms with Gasteiger partial charge >= 0.3 is 6.03 Å². The van der Waals surface area contributed by atoms with Crippen LogP contribution in [-0.2, 0) is 4.79 Å². The van der Waals surface area contributed by atoms with Crippen molar-refractivity contribution in [1.29, 1.82) is 0 Å². The van der Waals surface area contributed by atoms with Gasteiger partial charge in [0.15, 0.2) is 0 Å². The van der Waals surface area contributed by atoms with E-state index in [0.717, 1.165) is 5.56 Å². The standard InChI is InChI=1S/C13H16N2O2/c1-9-4-6-10(7-5-9)15-11(16)8-13(2,3)14-12(15)17/h4-7H,8H2,1-3H3,(H,14,17). The van der Waals surface area contributed by atoms with Crippen molar-refractivity contribution in [2.24, 2.45) is 0 Å². The van der Waals surface area contributed by atoms with Gasteiger partial charge in [0.25, 0.3) is 0 Å². The molecule has 0 atom stereocenters. The highest BCUT2D eigenvalue weighted by Gasteiger charge is 2.37. The van der Waals surface area contributed by atoms with Gasteiger partial charge in [0.05, 0.1) is 12.1 Å². The van der Waals surface area contributed by atoms with Crippen LogP contribution in [0.1, 0.15) is 25.8 Å². The van der Waals surface area contributed by atoms with Crippen LogP contribution >= 0.6 is 0 Å². The van der Waals surface area contributed by atoms with Crippen molar-refractivity contribution < 1.29 is 9.59 Å². The zero-order valence-corrected chi connectivity index (χ0v) is 10.3. The topological polar surface area (TPSA) is 49.4 Å². The molecule has 0 bridgehead atoms. The van der Waals surface area contributed by atoms with Crippen LogP contribution in [0.25, 0.3) is 0 Å². The first-order valence-corrected chi connectivity index (χ1v) is 5.61. The van der Waals surface area contributed by atoms with E-state index in [-0.39, 0.29) is 11.9 Å². The van der Waals surface area contributed by atoms with E-state index in [1.165, 1.54) is 4.90 Å². The van der Waals surface area contributed by atoms with Crippen molar-refractivity contribution in [1.82, 2.24) is 5.32 Å². The summed E-state index contributed by atoms with van der Waals surface area (Å²) in [5.74, 6) is -0.164. The summed E-state index contributed by atoms with van der Waals surface area (Å²) >= 11 is 0. The highest BCUT2D eigenvalue weighted by atomic mass is 16.2. The van der Waals surface area contributed by atoms with Crippen molar-refractivity contribution in [3.63, 3.8) is 0 Å². The molecule has 0 saturated carbocycles. The van der Waals surface area contributed by atoms with Gasteiger partial charge in [-0.2, -0.15) is 0 Å².